The highest BCUT2D eigenvalue weighted by Crippen LogP contribution is 2.34. The van der Waals surface area contributed by atoms with Crippen LogP contribution in [-0.2, 0) is 9.59 Å². The number of nitrogens with one attached hydrogen (secondary N) is 1. The molecule has 0 aliphatic carbocycles. The average molecular weight is 434 g/mol. The number of carbonyl (C=O) groups excluding carboxylic acids is 2. The van der Waals surface area contributed by atoms with Crippen LogP contribution in [-0.4, -0.2) is 18.4 Å². The molecule has 0 radical (unpaired) electrons. The molecule has 1 aliphatic rings. The van der Waals surface area contributed by atoms with Gasteiger partial charge in [0, 0.05) is 11.8 Å². The second kappa shape index (κ2) is 8.63. The summed E-state index contributed by atoms with van der Waals surface area (Å²) in [6, 6.07) is 16.9. The maximum atomic E-state index is 13.7. The van der Waals surface area contributed by atoms with Crippen LogP contribution in [0.15, 0.2) is 72.4 Å². The number of anilines is 2. The number of rotatable bonds is 6. The number of ether oxygens (including phenoxy) is 1. The molecule has 5 nitrogen and oxygen atoms in total. The van der Waals surface area contributed by atoms with Gasteiger partial charge in [-0.2, -0.15) is 0 Å². The van der Waals surface area contributed by atoms with Gasteiger partial charge >= 0.3 is 0 Å². The van der Waals surface area contributed by atoms with Crippen LogP contribution in [0.1, 0.15) is 18.1 Å². The van der Waals surface area contributed by atoms with Gasteiger partial charge in [0.05, 0.1) is 17.9 Å². The number of benzene rings is 3. The Bertz CT molecular complexity index is 1220. The summed E-state index contributed by atoms with van der Waals surface area (Å²) in [7, 11) is 0. The minimum absolute atomic E-state index is 0.0225. The zero-order valence-electron chi connectivity index (χ0n) is 17.5. The van der Waals surface area contributed by atoms with Gasteiger partial charge in [-0.25, -0.2) is 13.7 Å². The first kappa shape index (κ1) is 21.2. The lowest BCUT2D eigenvalue weighted by Crippen LogP contribution is -2.32. The van der Waals surface area contributed by atoms with Gasteiger partial charge in [-0.1, -0.05) is 29.8 Å². The molecule has 0 spiro atoms. The normalized spacial score (nSPS) is 13.7. The molecule has 0 saturated heterocycles. The fourth-order valence-electron chi connectivity index (χ4n) is 3.44. The van der Waals surface area contributed by atoms with Gasteiger partial charge in [0.25, 0.3) is 11.8 Å². The van der Waals surface area contributed by atoms with E-state index in [9.17, 15) is 18.4 Å². The third-order valence-electron chi connectivity index (χ3n) is 5.02. The standard InChI is InChI=1S/C25H20F2N2O3/c1-3-32-19-11-6-16(7-12-19)22-23(28-17-8-13-20(26)21(27)14-17)25(31)29(24(22)30)18-9-4-15(2)5-10-18/h4-14,28H,3H2,1-2H3. The van der Waals surface area contributed by atoms with Crippen LogP contribution in [0.3, 0.4) is 0 Å². The van der Waals surface area contributed by atoms with E-state index in [1.165, 1.54) is 6.07 Å². The van der Waals surface area contributed by atoms with Crippen LogP contribution in [0, 0.1) is 18.6 Å². The van der Waals surface area contributed by atoms with Crippen molar-refractivity contribution in [3.8, 4) is 5.75 Å². The molecule has 1 aliphatic heterocycles. The van der Waals surface area contributed by atoms with E-state index in [1.807, 2.05) is 13.8 Å². The summed E-state index contributed by atoms with van der Waals surface area (Å²) in [4.78, 5) is 27.7. The Morgan fingerprint density at radius 2 is 1.56 bits per heavy atom. The molecule has 0 unspecified atom stereocenters. The van der Waals surface area contributed by atoms with Gasteiger partial charge in [-0.05, 0) is 55.8 Å². The maximum absolute atomic E-state index is 13.7. The minimum atomic E-state index is -1.06. The third kappa shape index (κ3) is 3.97. The van der Waals surface area contributed by atoms with Crippen molar-refractivity contribution in [2.24, 2.45) is 0 Å². The predicted molar refractivity (Wildman–Crippen MR) is 118 cm³/mol. The van der Waals surface area contributed by atoms with E-state index in [1.54, 1.807) is 48.5 Å². The molecule has 3 aromatic rings. The highest BCUT2D eigenvalue weighted by molar-refractivity contribution is 6.46. The molecular weight excluding hydrogens is 414 g/mol. The van der Waals surface area contributed by atoms with Gasteiger partial charge < -0.3 is 10.1 Å². The molecule has 4 rings (SSSR count). The van der Waals surface area contributed by atoms with E-state index >= 15 is 0 Å². The summed E-state index contributed by atoms with van der Waals surface area (Å²) < 4.78 is 32.5. The monoisotopic (exact) mass is 434 g/mol. The van der Waals surface area contributed by atoms with E-state index < -0.39 is 23.4 Å². The Morgan fingerprint density at radius 1 is 0.875 bits per heavy atom. The van der Waals surface area contributed by atoms with Gasteiger partial charge in [0.1, 0.15) is 11.4 Å². The van der Waals surface area contributed by atoms with E-state index in [4.69, 9.17) is 4.74 Å². The van der Waals surface area contributed by atoms with Gasteiger partial charge in [0.2, 0.25) is 0 Å². The lowest BCUT2D eigenvalue weighted by Gasteiger charge is -2.15. The van der Waals surface area contributed by atoms with Crippen molar-refractivity contribution < 1.29 is 23.1 Å². The molecule has 1 N–H and O–H groups in total. The number of hydrogen-bond acceptors (Lipinski definition) is 4. The number of aryl methyl sites for hydroxylation is 1. The van der Waals surface area contributed by atoms with Crippen molar-refractivity contribution in [1.82, 2.24) is 0 Å². The van der Waals surface area contributed by atoms with Crippen molar-refractivity contribution in [3.63, 3.8) is 0 Å². The molecule has 162 valence electrons. The zero-order valence-corrected chi connectivity index (χ0v) is 17.5. The largest absolute Gasteiger partial charge is 0.494 e. The first-order valence-corrected chi connectivity index (χ1v) is 10.0. The lowest BCUT2D eigenvalue weighted by molar-refractivity contribution is -0.120. The molecule has 0 saturated carbocycles. The smallest absolute Gasteiger partial charge is 0.282 e. The second-order valence-electron chi connectivity index (χ2n) is 7.24. The number of amides is 2. The second-order valence-corrected chi connectivity index (χ2v) is 7.24. The molecule has 0 atom stereocenters. The molecule has 0 aromatic heterocycles. The molecule has 0 fully saturated rings. The predicted octanol–water partition coefficient (Wildman–Crippen LogP) is 5.07. The van der Waals surface area contributed by atoms with E-state index in [0.717, 1.165) is 22.6 Å². The van der Waals surface area contributed by atoms with E-state index in [0.29, 0.717) is 23.6 Å². The Kier molecular flexibility index (Phi) is 5.73. The quantitative estimate of drug-likeness (QED) is 0.551. The SMILES string of the molecule is CCOc1ccc(C2=C(Nc3ccc(F)c(F)c3)C(=O)N(c3ccc(C)cc3)C2=O)cc1. The Morgan fingerprint density at radius 3 is 2.19 bits per heavy atom. The zero-order chi connectivity index (χ0) is 22.8. The Balaban J connectivity index is 1.79. The van der Waals surface area contributed by atoms with Crippen molar-refractivity contribution in [3.05, 3.63) is 95.2 Å². The molecule has 3 aromatic carbocycles. The summed E-state index contributed by atoms with van der Waals surface area (Å²) >= 11 is 0. The summed E-state index contributed by atoms with van der Waals surface area (Å²) in [6.45, 7) is 4.25. The molecule has 1 heterocycles. The first-order valence-electron chi connectivity index (χ1n) is 10.0. The number of carbonyl (C=O) groups is 2. The molecule has 0 bridgehead atoms. The minimum Gasteiger partial charge on any atom is -0.494 e. The summed E-state index contributed by atoms with van der Waals surface area (Å²) in [5, 5.41) is 2.82. The third-order valence-corrected chi connectivity index (χ3v) is 5.02. The van der Waals surface area contributed by atoms with Crippen LogP contribution < -0.4 is 15.0 Å². The van der Waals surface area contributed by atoms with E-state index in [2.05, 4.69) is 5.32 Å². The van der Waals surface area contributed by atoms with Crippen molar-refractivity contribution in [2.75, 3.05) is 16.8 Å². The van der Waals surface area contributed by atoms with Gasteiger partial charge in [-0.3, -0.25) is 9.59 Å². The number of halogens is 2. The van der Waals surface area contributed by atoms with Crippen molar-refractivity contribution in [2.45, 2.75) is 13.8 Å². The highest BCUT2D eigenvalue weighted by atomic mass is 19.2. The number of hydrogen-bond donors (Lipinski definition) is 1. The van der Waals surface area contributed by atoms with Crippen LogP contribution in [0.5, 0.6) is 5.75 Å². The van der Waals surface area contributed by atoms with Crippen LogP contribution in [0.4, 0.5) is 20.2 Å². The fraction of sp³-hybridized carbons (Fsp3) is 0.120. The van der Waals surface area contributed by atoms with Crippen LogP contribution in [0.25, 0.3) is 5.57 Å². The van der Waals surface area contributed by atoms with Gasteiger partial charge in [0.15, 0.2) is 11.6 Å². The van der Waals surface area contributed by atoms with E-state index in [-0.39, 0.29) is 17.0 Å². The Hall–Kier alpha value is -4.00. The maximum Gasteiger partial charge on any atom is 0.282 e. The molecule has 2 amide bonds. The van der Waals surface area contributed by atoms with Crippen molar-refractivity contribution in [1.29, 1.82) is 0 Å². The van der Waals surface area contributed by atoms with Crippen LogP contribution in [0.2, 0.25) is 0 Å². The molecule has 7 heteroatoms. The average Bonchev–Trinajstić information content (AvgIpc) is 3.02. The topological polar surface area (TPSA) is 58.6 Å². The summed E-state index contributed by atoms with van der Waals surface area (Å²) in [5.74, 6) is -2.56. The molecular formula is C25H20F2N2O3. The van der Waals surface area contributed by atoms with Gasteiger partial charge in [-0.15, -0.1) is 0 Å². The summed E-state index contributed by atoms with van der Waals surface area (Å²) in [5.41, 5.74) is 2.14. The number of imide groups is 1. The molecule has 32 heavy (non-hydrogen) atoms. The van der Waals surface area contributed by atoms with Crippen molar-refractivity contribution >= 4 is 28.8 Å². The van der Waals surface area contributed by atoms with Crippen LogP contribution >= 0.6 is 0 Å². The number of nitrogens with zero attached hydrogens (tertiary/aromatic N) is 1. The highest BCUT2D eigenvalue weighted by Gasteiger charge is 2.40. The first-order chi connectivity index (χ1) is 15.4. The fourth-order valence-corrected chi connectivity index (χ4v) is 3.44. The summed E-state index contributed by atoms with van der Waals surface area (Å²) in [6.07, 6.45) is 0. The lowest BCUT2D eigenvalue weighted by atomic mass is 10.0. The Labute approximate surface area is 183 Å².